The molecule has 0 aromatic heterocycles. The molecule has 3 nitrogen and oxygen atoms in total. The highest BCUT2D eigenvalue weighted by atomic mass is 15.1. The van der Waals surface area contributed by atoms with E-state index in [1.165, 1.54) is 49.7 Å². The molecule has 6 unspecified atom stereocenters. The molecule has 6 rings (SSSR count). The van der Waals surface area contributed by atoms with Gasteiger partial charge in [0.15, 0.2) is 0 Å². The van der Waals surface area contributed by atoms with Gasteiger partial charge in [-0.05, 0) is 72.0 Å². The number of hydrogen-bond acceptors (Lipinski definition) is 2. The van der Waals surface area contributed by atoms with Crippen LogP contribution in [-0.2, 0) is 0 Å². The summed E-state index contributed by atoms with van der Waals surface area (Å²) >= 11 is 0. The molecule has 0 saturated heterocycles. The predicted molar refractivity (Wildman–Crippen MR) is 129 cm³/mol. The van der Waals surface area contributed by atoms with Gasteiger partial charge in [-0.3, -0.25) is 9.98 Å². The fourth-order valence-electron chi connectivity index (χ4n) is 8.37. The van der Waals surface area contributed by atoms with Crippen LogP contribution in [0, 0.1) is 33.5 Å². The van der Waals surface area contributed by atoms with Gasteiger partial charge in [-0.15, -0.1) is 0 Å². The number of nitrogens with one attached hydrogen (secondary N) is 1. The molecule has 1 aromatic carbocycles. The number of aliphatic imine (C=N–C) groups is 2. The minimum absolute atomic E-state index is 0.309. The summed E-state index contributed by atoms with van der Waals surface area (Å²) in [6.45, 7) is 14.9. The Bertz CT molecular complexity index is 922. The van der Waals surface area contributed by atoms with E-state index in [1.807, 2.05) is 0 Å². The molecule has 0 radical (unpaired) electrons. The van der Waals surface area contributed by atoms with Crippen LogP contribution in [0.15, 0.2) is 34.3 Å². The first-order valence-electron chi connectivity index (χ1n) is 12.6. The monoisotopic (exact) mass is 417 g/mol. The van der Waals surface area contributed by atoms with Crippen molar-refractivity contribution < 1.29 is 0 Å². The van der Waals surface area contributed by atoms with Crippen LogP contribution in [0.3, 0.4) is 0 Å². The molecule has 6 atom stereocenters. The van der Waals surface area contributed by atoms with Gasteiger partial charge in [0.05, 0.1) is 12.1 Å². The van der Waals surface area contributed by atoms with Gasteiger partial charge in [-0.2, -0.15) is 0 Å². The van der Waals surface area contributed by atoms with Crippen molar-refractivity contribution in [3.63, 3.8) is 0 Å². The molecule has 1 aromatic rings. The summed E-state index contributed by atoms with van der Waals surface area (Å²) in [6, 6.07) is 9.58. The highest BCUT2D eigenvalue weighted by Crippen LogP contribution is 2.67. The van der Waals surface area contributed by atoms with E-state index in [-0.39, 0.29) is 0 Å². The van der Waals surface area contributed by atoms with Crippen molar-refractivity contribution in [2.24, 2.45) is 43.5 Å². The van der Waals surface area contributed by atoms with E-state index in [4.69, 9.17) is 9.98 Å². The Balaban J connectivity index is 1.36. The molecular formula is C28H39N3. The van der Waals surface area contributed by atoms with E-state index in [2.05, 4.69) is 71.1 Å². The maximum Gasteiger partial charge on any atom is 0.134 e. The molecule has 4 aliphatic carbocycles. The lowest BCUT2D eigenvalue weighted by Crippen LogP contribution is -2.37. The van der Waals surface area contributed by atoms with Crippen LogP contribution in [0.4, 0.5) is 0 Å². The van der Waals surface area contributed by atoms with E-state index < -0.39 is 0 Å². The lowest BCUT2D eigenvalue weighted by Gasteiger charge is -2.37. The van der Waals surface area contributed by atoms with Gasteiger partial charge in [0.25, 0.3) is 0 Å². The van der Waals surface area contributed by atoms with E-state index >= 15 is 0 Å². The number of amidine groups is 2. The fourth-order valence-corrected chi connectivity index (χ4v) is 8.37. The van der Waals surface area contributed by atoms with Crippen molar-refractivity contribution in [1.29, 1.82) is 0 Å². The lowest BCUT2D eigenvalue weighted by molar-refractivity contribution is 0.137. The second kappa shape index (κ2) is 6.02. The SMILES string of the molecule is CC1(C)C2CCC1(C)C(N=C1NC(=NC3CC4CCC3(C)C4(C)C)c3ccccc31)C2. The summed E-state index contributed by atoms with van der Waals surface area (Å²) in [5, 5.41) is 3.72. The third-order valence-electron chi connectivity index (χ3n) is 11.7. The Morgan fingerprint density at radius 2 is 1.13 bits per heavy atom. The van der Waals surface area contributed by atoms with Gasteiger partial charge in [-0.1, -0.05) is 65.8 Å². The van der Waals surface area contributed by atoms with Crippen molar-refractivity contribution in [3.05, 3.63) is 35.4 Å². The van der Waals surface area contributed by atoms with Crippen LogP contribution in [0.5, 0.6) is 0 Å². The molecule has 1 N–H and O–H groups in total. The molecule has 3 heteroatoms. The summed E-state index contributed by atoms with van der Waals surface area (Å²) in [6.07, 6.45) is 7.84. The molecule has 1 aliphatic heterocycles. The molecule has 1 heterocycles. The third-order valence-corrected chi connectivity index (χ3v) is 11.7. The Hall–Kier alpha value is -1.64. The second-order valence-electron chi connectivity index (χ2n) is 12.9. The van der Waals surface area contributed by atoms with E-state index in [0.29, 0.717) is 33.7 Å². The first-order valence-corrected chi connectivity index (χ1v) is 12.6. The van der Waals surface area contributed by atoms with Crippen molar-refractivity contribution >= 4 is 11.7 Å². The Morgan fingerprint density at radius 3 is 1.45 bits per heavy atom. The summed E-state index contributed by atoms with van der Waals surface area (Å²) in [5.74, 6) is 3.76. The molecule has 0 spiro atoms. The number of nitrogens with zero attached hydrogens (tertiary/aromatic N) is 2. The first-order chi connectivity index (χ1) is 14.6. The fraction of sp³-hybridized carbons (Fsp3) is 0.714. The molecule has 4 fully saturated rings. The molecule has 4 bridgehead atoms. The maximum atomic E-state index is 5.41. The number of rotatable bonds is 2. The summed E-state index contributed by atoms with van der Waals surface area (Å²) in [4.78, 5) is 10.8. The predicted octanol–water partition coefficient (Wildman–Crippen LogP) is 6.21. The van der Waals surface area contributed by atoms with Crippen molar-refractivity contribution in [1.82, 2.24) is 5.32 Å². The Labute approximate surface area is 188 Å². The van der Waals surface area contributed by atoms with E-state index in [9.17, 15) is 0 Å². The summed E-state index contributed by atoms with van der Waals surface area (Å²) < 4.78 is 0. The van der Waals surface area contributed by atoms with Crippen molar-refractivity contribution in [3.8, 4) is 0 Å². The zero-order valence-corrected chi connectivity index (χ0v) is 20.3. The number of benzene rings is 1. The molecule has 4 saturated carbocycles. The Morgan fingerprint density at radius 1 is 0.710 bits per heavy atom. The summed E-state index contributed by atoms with van der Waals surface area (Å²) in [5.41, 5.74) is 3.89. The normalized spacial score (nSPS) is 46.1. The molecule has 0 amide bonds. The van der Waals surface area contributed by atoms with Crippen LogP contribution in [-0.4, -0.2) is 23.8 Å². The quantitative estimate of drug-likeness (QED) is 0.610. The molecule has 5 aliphatic rings. The van der Waals surface area contributed by atoms with Gasteiger partial charge in [0.1, 0.15) is 11.7 Å². The van der Waals surface area contributed by atoms with Crippen molar-refractivity contribution in [2.45, 2.75) is 92.2 Å². The van der Waals surface area contributed by atoms with Gasteiger partial charge in [0.2, 0.25) is 0 Å². The van der Waals surface area contributed by atoms with Crippen molar-refractivity contribution in [2.75, 3.05) is 0 Å². The zero-order chi connectivity index (χ0) is 21.8. The average Bonchev–Trinajstić information content (AvgIpc) is 3.37. The standard InChI is InChI=1S/C28H39N3/c1-25(2)17-11-13-27(25,5)21(15-17)29-23-19-9-7-8-10-20(19)24(31-23)30-22-16-18-12-14-28(22,6)26(18,3)4/h7-10,17-18,21-22H,11-16H2,1-6H3,(H,29,30,31). The molecule has 31 heavy (non-hydrogen) atoms. The van der Waals surface area contributed by atoms with Crippen LogP contribution < -0.4 is 5.32 Å². The molecule has 166 valence electrons. The minimum atomic E-state index is 0.309. The van der Waals surface area contributed by atoms with Gasteiger partial charge >= 0.3 is 0 Å². The molecular weight excluding hydrogens is 378 g/mol. The first kappa shape index (κ1) is 20.0. The van der Waals surface area contributed by atoms with Crippen LogP contribution in [0.1, 0.15) is 91.2 Å². The maximum absolute atomic E-state index is 5.41. The van der Waals surface area contributed by atoms with E-state index in [0.717, 1.165) is 23.5 Å². The lowest BCUT2D eigenvalue weighted by atomic mass is 9.69. The van der Waals surface area contributed by atoms with Crippen LogP contribution in [0.25, 0.3) is 0 Å². The highest BCUT2D eigenvalue weighted by molar-refractivity contribution is 6.25. The van der Waals surface area contributed by atoms with Crippen LogP contribution in [0.2, 0.25) is 0 Å². The highest BCUT2D eigenvalue weighted by Gasteiger charge is 2.62. The minimum Gasteiger partial charge on any atom is -0.324 e. The van der Waals surface area contributed by atoms with Crippen LogP contribution >= 0.6 is 0 Å². The summed E-state index contributed by atoms with van der Waals surface area (Å²) in [7, 11) is 0. The third kappa shape index (κ3) is 2.36. The van der Waals surface area contributed by atoms with E-state index in [1.54, 1.807) is 0 Å². The smallest absolute Gasteiger partial charge is 0.134 e. The van der Waals surface area contributed by atoms with Gasteiger partial charge in [-0.25, -0.2) is 0 Å². The van der Waals surface area contributed by atoms with Gasteiger partial charge in [0, 0.05) is 11.1 Å². The number of fused-ring (bicyclic) bond motifs is 5. The second-order valence-corrected chi connectivity index (χ2v) is 12.9. The van der Waals surface area contributed by atoms with Gasteiger partial charge < -0.3 is 5.32 Å². The topological polar surface area (TPSA) is 36.8 Å². The number of hydrogen-bond donors (Lipinski definition) is 1. The largest absolute Gasteiger partial charge is 0.324 e. The zero-order valence-electron chi connectivity index (χ0n) is 20.3. The average molecular weight is 418 g/mol. The Kier molecular flexibility index (Phi) is 3.89.